The Morgan fingerprint density at radius 3 is 2.76 bits per heavy atom. The second-order valence-corrected chi connectivity index (χ2v) is 3.85. The molecule has 0 unspecified atom stereocenters. The molecule has 0 aliphatic heterocycles. The predicted octanol–water partition coefficient (Wildman–Crippen LogP) is 1.40. The predicted molar refractivity (Wildman–Crippen MR) is 69.7 cm³/mol. The third kappa shape index (κ3) is 3.33. The topological polar surface area (TPSA) is 46.3 Å². The molecule has 1 aromatic carbocycles. The number of carbonyl (C=O) groups is 1. The van der Waals surface area contributed by atoms with Gasteiger partial charge < -0.3 is 10.6 Å². The molecule has 0 fully saturated rings. The fraction of sp³-hybridized carbons (Fsp3) is 0.357. The van der Waals surface area contributed by atoms with Crippen molar-refractivity contribution >= 4 is 5.91 Å². The average molecular weight is 230 g/mol. The minimum atomic E-state index is 0.0291. The van der Waals surface area contributed by atoms with Crippen LogP contribution in [0.1, 0.15) is 28.4 Å². The van der Waals surface area contributed by atoms with E-state index in [1.165, 1.54) is 0 Å². The van der Waals surface area contributed by atoms with Crippen LogP contribution in [-0.2, 0) is 0 Å². The van der Waals surface area contributed by atoms with Gasteiger partial charge in [0, 0.05) is 24.7 Å². The molecule has 1 rings (SSSR count). The fourth-order valence-electron chi connectivity index (χ4n) is 1.43. The third-order valence-corrected chi connectivity index (χ3v) is 2.62. The van der Waals surface area contributed by atoms with Gasteiger partial charge in [0.1, 0.15) is 0 Å². The summed E-state index contributed by atoms with van der Waals surface area (Å²) in [5, 5.41) is 0. The van der Waals surface area contributed by atoms with Gasteiger partial charge in [-0.3, -0.25) is 4.79 Å². The van der Waals surface area contributed by atoms with E-state index in [-0.39, 0.29) is 5.91 Å². The Labute approximate surface area is 103 Å². The standard InChI is InChI=1S/C14H18N2O/c1-4-16(3)14(17)13-10-12(6-5-9-15)8-7-11(13)2/h7-8,10H,4,9,15H2,1-3H3. The van der Waals surface area contributed by atoms with Crippen molar-refractivity contribution in [3.63, 3.8) is 0 Å². The van der Waals surface area contributed by atoms with E-state index in [4.69, 9.17) is 5.73 Å². The van der Waals surface area contributed by atoms with Gasteiger partial charge in [0.05, 0.1) is 6.54 Å². The van der Waals surface area contributed by atoms with E-state index in [9.17, 15) is 4.79 Å². The maximum absolute atomic E-state index is 12.1. The third-order valence-electron chi connectivity index (χ3n) is 2.62. The number of nitrogens with zero attached hydrogens (tertiary/aromatic N) is 1. The van der Waals surface area contributed by atoms with Gasteiger partial charge in [0.25, 0.3) is 5.91 Å². The van der Waals surface area contributed by atoms with E-state index in [1.807, 2.05) is 32.0 Å². The zero-order valence-electron chi connectivity index (χ0n) is 10.6. The molecule has 0 saturated carbocycles. The van der Waals surface area contributed by atoms with Crippen molar-refractivity contribution in [3.05, 3.63) is 34.9 Å². The van der Waals surface area contributed by atoms with Crippen molar-refractivity contribution in [2.75, 3.05) is 20.1 Å². The van der Waals surface area contributed by atoms with E-state index in [2.05, 4.69) is 11.8 Å². The number of hydrogen-bond acceptors (Lipinski definition) is 2. The Balaban J connectivity index is 3.10. The van der Waals surface area contributed by atoms with Gasteiger partial charge >= 0.3 is 0 Å². The number of aryl methyl sites for hydroxylation is 1. The minimum Gasteiger partial charge on any atom is -0.342 e. The normalized spacial score (nSPS) is 9.41. The van der Waals surface area contributed by atoms with Crippen LogP contribution in [0.2, 0.25) is 0 Å². The molecular weight excluding hydrogens is 212 g/mol. The maximum Gasteiger partial charge on any atom is 0.253 e. The lowest BCUT2D eigenvalue weighted by molar-refractivity contribution is 0.0801. The second-order valence-electron chi connectivity index (χ2n) is 3.85. The number of nitrogens with two attached hydrogens (primary N) is 1. The van der Waals surface area contributed by atoms with Crippen LogP contribution < -0.4 is 5.73 Å². The Hall–Kier alpha value is -1.79. The van der Waals surface area contributed by atoms with Crippen LogP contribution in [0.15, 0.2) is 18.2 Å². The molecule has 0 bridgehead atoms. The van der Waals surface area contributed by atoms with Gasteiger partial charge in [-0.2, -0.15) is 0 Å². The van der Waals surface area contributed by atoms with Gasteiger partial charge in [-0.1, -0.05) is 17.9 Å². The lowest BCUT2D eigenvalue weighted by Crippen LogP contribution is -2.26. The van der Waals surface area contributed by atoms with Crippen molar-refractivity contribution in [1.82, 2.24) is 4.90 Å². The highest BCUT2D eigenvalue weighted by Crippen LogP contribution is 2.12. The van der Waals surface area contributed by atoms with Crippen molar-refractivity contribution < 1.29 is 4.79 Å². The van der Waals surface area contributed by atoms with Crippen LogP contribution in [-0.4, -0.2) is 30.9 Å². The van der Waals surface area contributed by atoms with Crippen LogP contribution in [0.25, 0.3) is 0 Å². The first-order valence-electron chi connectivity index (χ1n) is 5.65. The summed E-state index contributed by atoms with van der Waals surface area (Å²) >= 11 is 0. The molecule has 0 saturated heterocycles. The lowest BCUT2D eigenvalue weighted by Gasteiger charge is -2.16. The number of hydrogen-bond donors (Lipinski definition) is 1. The lowest BCUT2D eigenvalue weighted by atomic mass is 10.0. The quantitative estimate of drug-likeness (QED) is 0.781. The van der Waals surface area contributed by atoms with E-state index >= 15 is 0 Å². The van der Waals surface area contributed by atoms with Crippen molar-refractivity contribution in [1.29, 1.82) is 0 Å². The largest absolute Gasteiger partial charge is 0.342 e. The molecule has 3 heteroatoms. The molecule has 0 aliphatic carbocycles. The zero-order valence-corrected chi connectivity index (χ0v) is 10.6. The van der Waals surface area contributed by atoms with Gasteiger partial charge in [-0.05, 0) is 31.5 Å². The highest BCUT2D eigenvalue weighted by molar-refractivity contribution is 5.95. The highest BCUT2D eigenvalue weighted by atomic mass is 16.2. The SMILES string of the molecule is CCN(C)C(=O)c1cc(C#CCN)ccc1C. The Morgan fingerprint density at radius 2 is 2.18 bits per heavy atom. The zero-order chi connectivity index (χ0) is 12.8. The molecule has 1 aromatic rings. The highest BCUT2D eigenvalue weighted by Gasteiger charge is 2.12. The molecule has 0 heterocycles. The molecule has 1 amide bonds. The summed E-state index contributed by atoms with van der Waals surface area (Å²) in [5.74, 6) is 5.75. The first-order chi connectivity index (χ1) is 8.10. The molecule has 90 valence electrons. The van der Waals surface area contributed by atoms with Gasteiger partial charge in [0.15, 0.2) is 0 Å². The Bertz CT molecular complexity index is 469. The number of rotatable bonds is 2. The second kappa shape index (κ2) is 6.07. The molecular formula is C14H18N2O. The summed E-state index contributed by atoms with van der Waals surface area (Å²) in [6.07, 6.45) is 0. The Morgan fingerprint density at radius 1 is 1.47 bits per heavy atom. The summed E-state index contributed by atoms with van der Waals surface area (Å²) in [5.41, 5.74) is 7.83. The van der Waals surface area contributed by atoms with Crippen LogP contribution >= 0.6 is 0 Å². The minimum absolute atomic E-state index is 0.0291. The van der Waals surface area contributed by atoms with Gasteiger partial charge in [-0.25, -0.2) is 0 Å². The maximum atomic E-state index is 12.1. The smallest absolute Gasteiger partial charge is 0.253 e. The molecule has 0 aliphatic rings. The fourth-order valence-corrected chi connectivity index (χ4v) is 1.43. The molecule has 2 N–H and O–H groups in total. The van der Waals surface area contributed by atoms with Crippen molar-refractivity contribution in [3.8, 4) is 11.8 Å². The van der Waals surface area contributed by atoms with E-state index < -0.39 is 0 Å². The van der Waals surface area contributed by atoms with Gasteiger partial charge in [0.2, 0.25) is 0 Å². The van der Waals surface area contributed by atoms with Crippen molar-refractivity contribution in [2.45, 2.75) is 13.8 Å². The van der Waals surface area contributed by atoms with E-state index in [1.54, 1.807) is 11.9 Å². The Kier molecular flexibility index (Phi) is 4.74. The molecule has 0 spiro atoms. The van der Waals surface area contributed by atoms with Crippen LogP contribution in [0.3, 0.4) is 0 Å². The summed E-state index contributed by atoms with van der Waals surface area (Å²) < 4.78 is 0. The monoisotopic (exact) mass is 230 g/mol. The number of carbonyl (C=O) groups excluding carboxylic acids is 1. The van der Waals surface area contributed by atoms with Gasteiger partial charge in [-0.15, -0.1) is 0 Å². The molecule has 3 nitrogen and oxygen atoms in total. The van der Waals surface area contributed by atoms with Crippen LogP contribution in [0.4, 0.5) is 0 Å². The van der Waals surface area contributed by atoms with Crippen LogP contribution in [0.5, 0.6) is 0 Å². The average Bonchev–Trinajstić information content (AvgIpc) is 2.36. The van der Waals surface area contributed by atoms with E-state index in [0.717, 1.165) is 11.1 Å². The molecule has 0 aromatic heterocycles. The number of benzene rings is 1. The summed E-state index contributed by atoms with van der Waals surface area (Å²) in [7, 11) is 1.79. The van der Waals surface area contributed by atoms with E-state index in [0.29, 0.717) is 18.7 Å². The van der Waals surface area contributed by atoms with Crippen LogP contribution in [0, 0.1) is 18.8 Å². The molecule has 0 radical (unpaired) electrons. The summed E-state index contributed by atoms with van der Waals surface area (Å²) in [4.78, 5) is 13.8. The molecule has 0 atom stereocenters. The van der Waals surface area contributed by atoms with Crippen molar-refractivity contribution in [2.24, 2.45) is 5.73 Å². The summed E-state index contributed by atoms with van der Waals surface area (Å²) in [6, 6.07) is 5.64. The molecule has 17 heavy (non-hydrogen) atoms. The first kappa shape index (κ1) is 13.3. The summed E-state index contributed by atoms with van der Waals surface area (Å²) in [6.45, 7) is 4.89. The number of amides is 1. The first-order valence-corrected chi connectivity index (χ1v) is 5.65.